The summed E-state index contributed by atoms with van der Waals surface area (Å²) in [4.78, 5) is 34.6. The van der Waals surface area contributed by atoms with Crippen LogP contribution in [0.1, 0.15) is 25.8 Å². The van der Waals surface area contributed by atoms with E-state index in [9.17, 15) is 19.6 Å². The van der Waals surface area contributed by atoms with Crippen LogP contribution in [0.3, 0.4) is 0 Å². The van der Waals surface area contributed by atoms with E-state index in [0.29, 0.717) is 17.2 Å². The third kappa shape index (κ3) is 6.04. The maximum absolute atomic E-state index is 14.8. The maximum atomic E-state index is 14.8. The normalized spacial score (nSPS) is 21.9. The van der Waals surface area contributed by atoms with E-state index >= 15 is 0 Å². The molecule has 3 N–H and O–H groups in total. The Kier molecular flexibility index (Phi) is 8.00. The topological polar surface area (TPSA) is 169 Å². The number of aliphatic imine (C=N–C) groups is 2. The van der Waals surface area contributed by atoms with Gasteiger partial charge in [-0.15, -0.1) is 0 Å². The van der Waals surface area contributed by atoms with Gasteiger partial charge >= 0.3 is 0 Å². The molecule has 0 saturated carbocycles. The summed E-state index contributed by atoms with van der Waals surface area (Å²) in [5.41, 5.74) is 0.701. The summed E-state index contributed by atoms with van der Waals surface area (Å²) in [7, 11) is 0. The monoisotopic (exact) mass is 510 g/mol. The van der Waals surface area contributed by atoms with Gasteiger partial charge in [-0.1, -0.05) is 13.8 Å². The first-order chi connectivity index (χ1) is 17.8. The van der Waals surface area contributed by atoms with E-state index in [1.54, 1.807) is 24.4 Å². The van der Waals surface area contributed by atoms with Crippen molar-refractivity contribution < 1.29 is 24.1 Å². The van der Waals surface area contributed by atoms with Gasteiger partial charge in [-0.05, 0) is 24.1 Å². The number of hydrogen-bond donors (Lipinski definition) is 3. The molecule has 1 unspecified atom stereocenters. The van der Waals surface area contributed by atoms with E-state index in [4.69, 9.17) is 9.84 Å². The number of anilines is 1. The van der Waals surface area contributed by atoms with E-state index in [1.165, 1.54) is 6.33 Å². The van der Waals surface area contributed by atoms with Gasteiger partial charge in [0.2, 0.25) is 5.95 Å². The molecule has 1 aromatic carbocycles. The van der Waals surface area contributed by atoms with Crippen LogP contribution >= 0.6 is 0 Å². The van der Waals surface area contributed by atoms with Gasteiger partial charge in [0.25, 0.3) is 5.91 Å². The van der Waals surface area contributed by atoms with Crippen molar-refractivity contribution in [3.63, 3.8) is 0 Å². The number of nitrogens with zero attached hydrogens (tertiary/aromatic N) is 7. The number of carbonyl (C=O) groups is 1. The molecule has 13 heteroatoms. The lowest BCUT2D eigenvalue weighted by molar-refractivity contribution is -0.146. The Morgan fingerprint density at radius 1 is 1.38 bits per heavy atom. The molecule has 194 valence electrons. The van der Waals surface area contributed by atoms with Crippen molar-refractivity contribution in [3.05, 3.63) is 30.1 Å². The molecule has 2 aromatic rings. The van der Waals surface area contributed by atoms with Crippen molar-refractivity contribution in [2.24, 2.45) is 15.9 Å². The Hall–Kier alpha value is -4.02. The molecule has 2 aliphatic heterocycles. The third-order valence-electron chi connectivity index (χ3n) is 5.92. The Morgan fingerprint density at radius 2 is 2.19 bits per heavy atom. The minimum absolute atomic E-state index is 0.148. The number of hydrogen-bond acceptors (Lipinski definition) is 11. The van der Waals surface area contributed by atoms with Crippen molar-refractivity contribution in [2.75, 3.05) is 25.0 Å². The number of halogens is 1. The van der Waals surface area contributed by atoms with E-state index in [2.05, 4.69) is 36.3 Å². The Bertz CT molecular complexity index is 1250. The van der Waals surface area contributed by atoms with Gasteiger partial charge in [0.1, 0.15) is 36.3 Å². The number of aromatic nitrogens is 3. The number of rotatable bonds is 7. The molecular weight excluding hydrogens is 483 g/mol. The van der Waals surface area contributed by atoms with E-state index in [0.717, 1.165) is 4.90 Å². The van der Waals surface area contributed by atoms with Crippen molar-refractivity contribution in [2.45, 2.75) is 44.8 Å². The average Bonchev–Trinajstić information content (AvgIpc) is 3.38. The molecule has 1 fully saturated rings. The lowest BCUT2D eigenvalue weighted by Crippen LogP contribution is -2.52. The number of aliphatic hydroxyl groups is 2. The number of likely N-dealkylation sites (tertiary alicyclic amines) is 1. The van der Waals surface area contributed by atoms with Crippen LogP contribution in [0, 0.1) is 17.2 Å². The van der Waals surface area contributed by atoms with Crippen LogP contribution in [0.4, 0.5) is 10.3 Å². The summed E-state index contributed by atoms with van der Waals surface area (Å²) >= 11 is 0. The zero-order valence-electron chi connectivity index (χ0n) is 20.3. The maximum Gasteiger partial charge on any atom is 0.253 e. The number of nitriles is 1. The first-order valence-electron chi connectivity index (χ1n) is 11.8. The highest BCUT2D eigenvalue weighted by atomic mass is 19.1. The van der Waals surface area contributed by atoms with Crippen LogP contribution in [0.2, 0.25) is 0 Å². The van der Waals surface area contributed by atoms with Gasteiger partial charge in [-0.3, -0.25) is 9.79 Å². The SMILES string of the molecule is CC(C)C1N=CC(Nc2ncnc(-c3ccc(O[C@H]4CCN(C(=O)[C@@H](O)CO)C[C@H]4F)c(C#N)c3)n2)=N1. The van der Waals surface area contributed by atoms with Crippen molar-refractivity contribution >= 4 is 23.9 Å². The number of ether oxygens (including phenoxy) is 1. The highest BCUT2D eigenvalue weighted by Crippen LogP contribution is 2.28. The Balaban J connectivity index is 1.45. The number of amidine groups is 1. The number of piperidine rings is 1. The number of alkyl halides is 1. The first-order valence-corrected chi connectivity index (χ1v) is 11.8. The predicted octanol–water partition coefficient (Wildman–Crippen LogP) is 0.958. The van der Waals surface area contributed by atoms with Gasteiger partial charge in [0.15, 0.2) is 18.1 Å². The number of benzene rings is 1. The smallest absolute Gasteiger partial charge is 0.253 e. The molecular formula is C24H27FN8O4. The van der Waals surface area contributed by atoms with Gasteiger partial charge in [0.05, 0.1) is 24.9 Å². The minimum atomic E-state index is -1.58. The van der Waals surface area contributed by atoms with Crippen molar-refractivity contribution in [3.8, 4) is 23.2 Å². The molecule has 1 amide bonds. The van der Waals surface area contributed by atoms with Crippen LogP contribution < -0.4 is 10.1 Å². The zero-order valence-corrected chi connectivity index (χ0v) is 20.3. The first kappa shape index (κ1) is 26.1. The summed E-state index contributed by atoms with van der Waals surface area (Å²) in [6.07, 6.45) is -1.03. The molecule has 4 rings (SSSR count). The molecule has 4 atom stereocenters. The summed E-state index contributed by atoms with van der Waals surface area (Å²) in [5.74, 6) is 0.843. The number of nitrogens with one attached hydrogen (secondary N) is 1. The molecule has 1 aromatic heterocycles. The van der Waals surface area contributed by atoms with Gasteiger partial charge in [-0.25, -0.2) is 19.4 Å². The fourth-order valence-electron chi connectivity index (χ4n) is 3.88. The largest absolute Gasteiger partial charge is 0.486 e. The Morgan fingerprint density at radius 3 is 2.86 bits per heavy atom. The molecule has 2 aliphatic rings. The minimum Gasteiger partial charge on any atom is -0.486 e. The second kappa shape index (κ2) is 11.4. The van der Waals surface area contributed by atoms with E-state index in [-0.39, 0.29) is 48.9 Å². The van der Waals surface area contributed by atoms with Crippen LogP contribution in [0.5, 0.6) is 5.75 Å². The number of aliphatic hydroxyl groups excluding tert-OH is 2. The molecule has 0 spiro atoms. The predicted molar refractivity (Wildman–Crippen MR) is 132 cm³/mol. The molecule has 12 nitrogen and oxygen atoms in total. The highest BCUT2D eigenvalue weighted by Gasteiger charge is 2.35. The number of amides is 1. The molecule has 1 saturated heterocycles. The van der Waals surface area contributed by atoms with Crippen LogP contribution in [-0.4, -0.2) is 92.3 Å². The average molecular weight is 511 g/mol. The van der Waals surface area contributed by atoms with Gasteiger partial charge in [-0.2, -0.15) is 10.2 Å². The molecule has 37 heavy (non-hydrogen) atoms. The molecule has 0 aliphatic carbocycles. The molecule has 3 heterocycles. The van der Waals surface area contributed by atoms with Crippen molar-refractivity contribution in [1.82, 2.24) is 19.9 Å². The molecule has 0 radical (unpaired) electrons. The third-order valence-corrected chi connectivity index (χ3v) is 5.92. The van der Waals surface area contributed by atoms with Crippen molar-refractivity contribution in [1.29, 1.82) is 5.26 Å². The number of carbonyl (C=O) groups excluding carboxylic acids is 1. The van der Waals surface area contributed by atoms with Gasteiger partial charge < -0.3 is 25.2 Å². The molecule has 0 bridgehead atoms. The van der Waals surface area contributed by atoms with Crippen LogP contribution in [0.15, 0.2) is 34.5 Å². The lowest BCUT2D eigenvalue weighted by Gasteiger charge is -2.35. The van der Waals surface area contributed by atoms with Crippen LogP contribution in [-0.2, 0) is 4.79 Å². The fourth-order valence-corrected chi connectivity index (χ4v) is 3.88. The summed E-state index contributed by atoms with van der Waals surface area (Å²) in [6.45, 7) is 3.19. The second-order valence-corrected chi connectivity index (χ2v) is 8.97. The van der Waals surface area contributed by atoms with Crippen LogP contribution in [0.25, 0.3) is 11.4 Å². The zero-order chi connectivity index (χ0) is 26.5. The second-order valence-electron chi connectivity index (χ2n) is 8.97. The highest BCUT2D eigenvalue weighted by molar-refractivity contribution is 6.35. The Labute approximate surface area is 212 Å². The standard InChI is InChI=1S/C24H27FN8O4/c1-13(2)21-27-9-20(30-21)31-24-29-12-28-22(32-24)14-3-4-18(15(7-14)8-26)37-19-5-6-33(10-16(19)25)23(36)17(35)11-34/h3-4,7,9,12-13,16-17,19,21,34-35H,5-6,10-11H2,1-2H3,(H,28,29,30,31,32)/t16-,17+,19+,21?/m1/s1. The quantitative estimate of drug-likeness (QED) is 0.491. The van der Waals surface area contributed by atoms with E-state index in [1.807, 2.05) is 13.8 Å². The van der Waals surface area contributed by atoms with Gasteiger partial charge in [0, 0.05) is 18.5 Å². The summed E-state index contributed by atoms with van der Waals surface area (Å²) in [6, 6.07) is 6.80. The van der Waals surface area contributed by atoms with E-state index < -0.39 is 30.9 Å². The summed E-state index contributed by atoms with van der Waals surface area (Å²) < 4.78 is 20.6. The fraction of sp³-hybridized carbons (Fsp3) is 0.458. The lowest BCUT2D eigenvalue weighted by atomic mass is 10.0. The summed E-state index contributed by atoms with van der Waals surface area (Å²) in [5, 5.41) is 31.1.